The monoisotopic (exact) mass is 240 g/mol. The zero-order chi connectivity index (χ0) is 12.3. The van der Waals surface area contributed by atoms with E-state index < -0.39 is 0 Å². The molecule has 2 saturated heterocycles. The normalized spacial score (nSPS) is 36.5. The fraction of sp³-hybridized carbons (Fsp3) is 1.00. The van der Waals surface area contributed by atoms with Crippen LogP contribution in [-0.4, -0.2) is 49.3 Å². The van der Waals surface area contributed by atoms with Crippen LogP contribution < -0.4 is 5.32 Å². The minimum Gasteiger partial charge on any atom is -0.385 e. The average molecular weight is 240 g/mol. The smallest absolute Gasteiger partial charge is 0.0477 e. The largest absolute Gasteiger partial charge is 0.385 e. The minimum atomic E-state index is 0.436. The summed E-state index contributed by atoms with van der Waals surface area (Å²) in [4.78, 5) is 2.77. The van der Waals surface area contributed by atoms with Crippen molar-refractivity contribution < 1.29 is 4.74 Å². The molecule has 3 atom stereocenters. The van der Waals surface area contributed by atoms with Gasteiger partial charge in [-0.05, 0) is 59.0 Å². The van der Waals surface area contributed by atoms with Gasteiger partial charge in [0.15, 0.2) is 0 Å². The number of nitrogens with one attached hydrogen (secondary N) is 1. The van der Waals surface area contributed by atoms with Crippen LogP contribution >= 0.6 is 0 Å². The number of methoxy groups -OCH3 is 1. The van der Waals surface area contributed by atoms with Gasteiger partial charge < -0.3 is 10.1 Å². The molecule has 0 aliphatic carbocycles. The lowest BCUT2D eigenvalue weighted by Crippen LogP contribution is -2.62. The summed E-state index contributed by atoms with van der Waals surface area (Å²) in [5.74, 6) is 0. The van der Waals surface area contributed by atoms with Gasteiger partial charge in [0, 0.05) is 31.3 Å². The summed E-state index contributed by atoms with van der Waals surface area (Å²) in [5, 5.41) is 3.68. The maximum atomic E-state index is 5.23. The van der Waals surface area contributed by atoms with Crippen LogP contribution in [0.4, 0.5) is 0 Å². The third-order valence-corrected chi connectivity index (χ3v) is 4.90. The summed E-state index contributed by atoms with van der Waals surface area (Å²) >= 11 is 0. The Morgan fingerprint density at radius 3 is 2.88 bits per heavy atom. The van der Waals surface area contributed by atoms with Gasteiger partial charge in [0.2, 0.25) is 0 Å². The minimum absolute atomic E-state index is 0.436. The second-order valence-corrected chi connectivity index (χ2v) is 5.81. The van der Waals surface area contributed by atoms with Crippen LogP contribution in [-0.2, 0) is 4.74 Å². The molecule has 2 aliphatic heterocycles. The first-order chi connectivity index (χ1) is 8.20. The SMILES string of the molecule is COCCC(C)N1CCCC12CCCNC2C. The molecule has 17 heavy (non-hydrogen) atoms. The van der Waals surface area contributed by atoms with Crippen molar-refractivity contribution >= 4 is 0 Å². The molecule has 0 radical (unpaired) electrons. The molecule has 0 aromatic heterocycles. The molecule has 3 unspecified atom stereocenters. The summed E-state index contributed by atoms with van der Waals surface area (Å²) in [7, 11) is 1.80. The van der Waals surface area contributed by atoms with E-state index in [0.717, 1.165) is 13.0 Å². The van der Waals surface area contributed by atoms with Gasteiger partial charge in [-0.15, -0.1) is 0 Å². The highest BCUT2D eigenvalue weighted by Crippen LogP contribution is 2.40. The first-order valence-corrected chi connectivity index (χ1v) is 7.20. The van der Waals surface area contributed by atoms with Gasteiger partial charge in [0.25, 0.3) is 0 Å². The average Bonchev–Trinajstić information content (AvgIpc) is 2.75. The Labute approximate surface area is 106 Å². The molecule has 0 bridgehead atoms. The molecule has 0 aromatic carbocycles. The Hall–Kier alpha value is -0.120. The Kier molecular flexibility index (Phi) is 4.45. The maximum absolute atomic E-state index is 5.23. The van der Waals surface area contributed by atoms with E-state index >= 15 is 0 Å². The van der Waals surface area contributed by atoms with Crippen molar-refractivity contribution in [3.05, 3.63) is 0 Å². The topological polar surface area (TPSA) is 24.5 Å². The summed E-state index contributed by atoms with van der Waals surface area (Å²) in [6.45, 7) is 8.10. The molecule has 2 aliphatic rings. The lowest BCUT2D eigenvalue weighted by Gasteiger charge is -2.49. The quantitative estimate of drug-likeness (QED) is 0.813. The van der Waals surface area contributed by atoms with Gasteiger partial charge in [0.1, 0.15) is 0 Å². The number of ether oxygens (including phenoxy) is 1. The van der Waals surface area contributed by atoms with Crippen LogP contribution in [0, 0.1) is 0 Å². The summed E-state index contributed by atoms with van der Waals surface area (Å²) in [6, 6.07) is 1.29. The second-order valence-electron chi connectivity index (χ2n) is 5.81. The van der Waals surface area contributed by atoms with E-state index in [1.807, 2.05) is 0 Å². The van der Waals surface area contributed by atoms with Crippen molar-refractivity contribution in [2.75, 3.05) is 26.8 Å². The van der Waals surface area contributed by atoms with Crippen LogP contribution in [0.5, 0.6) is 0 Å². The van der Waals surface area contributed by atoms with E-state index in [4.69, 9.17) is 4.74 Å². The molecule has 1 N–H and O–H groups in total. The molecule has 0 saturated carbocycles. The summed E-state index contributed by atoms with van der Waals surface area (Å²) < 4.78 is 5.23. The van der Waals surface area contributed by atoms with E-state index in [9.17, 15) is 0 Å². The molecule has 100 valence electrons. The van der Waals surface area contributed by atoms with Crippen molar-refractivity contribution in [3.8, 4) is 0 Å². The first-order valence-electron chi connectivity index (χ1n) is 7.20. The third kappa shape index (κ3) is 2.51. The zero-order valence-corrected chi connectivity index (χ0v) is 11.7. The van der Waals surface area contributed by atoms with Gasteiger partial charge in [-0.3, -0.25) is 4.90 Å². The predicted octanol–water partition coefficient (Wildman–Crippen LogP) is 2.02. The van der Waals surface area contributed by atoms with Gasteiger partial charge in [-0.2, -0.15) is 0 Å². The number of piperidine rings is 1. The van der Waals surface area contributed by atoms with Crippen LogP contribution in [0.15, 0.2) is 0 Å². The Morgan fingerprint density at radius 1 is 1.41 bits per heavy atom. The van der Waals surface area contributed by atoms with Crippen molar-refractivity contribution in [1.29, 1.82) is 0 Å². The van der Waals surface area contributed by atoms with Gasteiger partial charge in [-0.25, -0.2) is 0 Å². The Balaban J connectivity index is 2.04. The second kappa shape index (κ2) is 5.68. The number of hydrogen-bond donors (Lipinski definition) is 1. The molecular weight excluding hydrogens is 212 g/mol. The van der Waals surface area contributed by atoms with Crippen LogP contribution in [0.3, 0.4) is 0 Å². The first kappa shape index (κ1) is 13.3. The third-order valence-electron chi connectivity index (χ3n) is 4.90. The van der Waals surface area contributed by atoms with Crippen molar-refractivity contribution in [2.45, 2.75) is 63.6 Å². The van der Waals surface area contributed by atoms with Crippen LogP contribution in [0.2, 0.25) is 0 Å². The number of hydrogen-bond acceptors (Lipinski definition) is 3. The Morgan fingerprint density at radius 2 is 2.18 bits per heavy atom. The zero-order valence-electron chi connectivity index (χ0n) is 11.7. The fourth-order valence-corrected chi connectivity index (χ4v) is 3.88. The van der Waals surface area contributed by atoms with E-state index in [1.165, 1.54) is 38.8 Å². The summed E-state index contributed by atoms with van der Waals surface area (Å²) in [6.07, 6.45) is 6.60. The molecule has 0 amide bonds. The molecule has 1 spiro atoms. The highest BCUT2D eigenvalue weighted by molar-refractivity contribution is 5.05. The Bertz CT molecular complexity index is 246. The number of rotatable bonds is 4. The van der Waals surface area contributed by atoms with Crippen molar-refractivity contribution in [2.24, 2.45) is 0 Å². The van der Waals surface area contributed by atoms with Crippen LogP contribution in [0.25, 0.3) is 0 Å². The van der Waals surface area contributed by atoms with Gasteiger partial charge in [-0.1, -0.05) is 0 Å². The fourth-order valence-electron chi connectivity index (χ4n) is 3.88. The van der Waals surface area contributed by atoms with E-state index in [0.29, 0.717) is 17.6 Å². The lowest BCUT2D eigenvalue weighted by atomic mass is 9.80. The van der Waals surface area contributed by atoms with Crippen LogP contribution in [0.1, 0.15) is 46.0 Å². The molecule has 0 aromatic rings. The lowest BCUT2D eigenvalue weighted by molar-refractivity contribution is 0.0259. The number of nitrogens with zero attached hydrogens (tertiary/aromatic N) is 1. The molecule has 2 heterocycles. The molecule has 2 rings (SSSR count). The van der Waals surface area contributed by atoms with Crippen molar-refractivity contribution in [3.63, 3.8) is 0 Å². The number of likely N-dealkylation sites (tertiary alicyclic amines) is 1. The summed E-state index contributed by atoms with van der Waals surface area (Å²) in [5.41, 5.74) is 0.436. The molecule has 3 nitrogen and oxygen atoms in total. The van der Waals surface area contributed by atoms with E-state index in [1.54, 1.807) is 7.11 Å². The van der Waals surface area contributed by atoms with E-state index in [2.05, 4.69) is 24.1 Å². The maximum Gasteiger partial charge on any atom is 0.0477 e. The van der Waals surface area contributed by atoms with Gasteiger partial charge in [0.05, 0.1) is 0 Å². The highest BCUT2D eigenvalue weighted by Gasteiger charge is 2.47. The predicted molar refractivity (Wildman–Crippen MR) is 71.3 cm³/mol. The molecular formula is C14H28N2O. The molecule has 2 fully saturated rings. The highest BCUT2D eigenvalue weighted by atomic mass is 16.5. The standard InChI is InChI=1S/C14H28N2O/c1-12(6-11-17-3)16-10-5-8-14(16)7-4-9-15-13(14)2/h12-13,15H,4-11H2,1-3H3. The molecule has 3 heteroatoms. The van der Waals surface area contributed by atoms with E-state index in [-0.39, 0.29) is 0 Å². The van der Waals surface area contributed by atoms with Gasteiger partial charge >= 0.3 is 0 Å². The van der Waals surface area contributed by atoms with Crippen molar-refractivity contribution in [1.82, 2.24) is 10.2 Å².